The Bertz CT molecular complexity index is 1680. The summed E-state index contributed by atoms with van der Waals surface area (Å²) in [4.78, 5) is 10.2. The van der Waals surface area contributed by atoms with E-state index in [0.717, 1.165) is 77.0 Å². The van der Waals surface area contributed by atoms with E-state index < -0.39 is 5.60 Å². The summed E-state index contributed by atoms with van der Waals surface area (Å²) >= 11 is 0. The van der Waals surface area contributed by atoms with Crippen molar-refractivity contribution in [2.45, 2.75) is 84.8 Å². The van der Waals surface area contributed by atoms with Crippen LogP contribution in [0.25, 0.3) is 33.7 Å². The van der Waals surface area contributed by atoms with Crippen molar-refractivity contribution in [2.24, 2.45) is 5.92 Å². The molecule has 0 saturated carbocycles. The van der Waals surface area contributed by atoms with E-state index in [1.165, 1.54) is 11.1 Å². The molecule has 0 aliphatic heterocycles. The molecule has 6 rings (SSSR count). The first kappa shape index (κ1) is 27.3. The molecule has 41 heavy (non-hydrogen) atoms. The molecular formula is C33H39N7O. The maximum absolute atomic E-state index is 10.9. The second kappa shape index (κ2) is 10.8. The number of H-pyrrole nitrogens is 1. The van der Waals surface area contributed by atoms with Crippen LogP contribution in [0.3, 0.4) is 0 Å². The summed E-state index contributed by atoms with van der Waals surface area (Å²) in [5.74, 6) is 2.19. The third-order valence-corrected chi connectivity index (χ3v) is 8.39. The number of aliphatic hydroxyl groups is 1. The quantitative estimate of drug-likeness (QED) is 0.220. The van der Waals surface area contributed by atoms with Gasteiger partial charge in [-0.15, -0.1) is 5.10 Å². The summed E-state index contributed by atoms with van der Waals surface area (Å²) < 4.78 is 2.39. The summed E-state index contributed by atoms with van der Waals surface area (Å²) in [6.45, 7) is 10.6. The Kier molecular flexibility index (Phi) is 7.20. The van der Waals surface area contributed by atoms with Crippen LogP contribution in [0.5, 0.6) is 0 Å². The Morgan fingerprint density at radius 3 is 2.63 bits per heavy atom. The molecule has 2 atom stereocenters. The lowest BCUT2D eigenvalue weighted by Crippen LogP contribution is -2.27. The smallest absolute Gasteiger partial charge is 0.180 e. The predicted molar refractivity (Wildman–Crippen MR) is 162 cm³/mol. The monoisotopic (exact) mass is 549 g/mol. The van der Waals surface area contributed by atoms with Crippen molar-refractivity contribution < 1.29 is 5.11 Å². The zero-order valence-electron chi connectivity index (χ0n) is 24.6. The van der Waals surface area contributed by atoms with E-state index in [4.69, 9.17) is 9.97 Å². The molecule has 212 valence electrons. The summed E-state index contributed by atoms with van der Waals surface area (Å²) in [6, 6.07) is 17.4. The summed E-state index contributed by atoms with van der Waals surface area (Å²) in [5, 5.41) is 25.5. The number of hydrogen-bond acceptors (Lipinski definition) is 6. The van der Waals surface area contributed by atoms with Crippen molar-refractivity contribution in [1.29, 1.82) is 0 Å². The molecular weight excluding hydrogens is 510 g/mol. The van der Waals surface area contributed by atoms with Gasteiger partial charge in [0.25, 0.3) is 0 Å². The molecule has 0 amide bonds. The molecule has 0 spiro atoms. The molecule has 3 heterocycles. The molecule has 8 nitrogen and oxygen atoms in total. The summed E-state index contributed by atoms with van der Waals surface area (Å²) in [5.41, 5.74) is 9.38. The van der Waals surface area contributed by atoms with E-state index in [1.54, 1.807) is 0 Å². The van der Waals surface area contributed by atoms with E-state index in [-0.39, 0.29) is 6.04 Å². The Morgan fingerprint density at radius 2 is 1.90 bits per heavy atom. The van der Waals surface area contributed by atoms with Crippen LogP contribution in [0.4, 0.5) is 0 Å². The second-order valence-electron chi connectivity index (χ2n) is 12.2. The number of aromatic nitrogens is 7. The van der Waals surface area contributed by atoms with Gasteiger partial charge in [-0.2, -0.15) is 0 Å². The van der Waals surface area contributed by atoms with Gasteiger partial charge in [0.2, 0.25) is 0 Å². The number of benzene rings is 2. The van der Waals surface area contributed by atoms with Gasteiger partial charge >= 0.3 is 0 Å². The highest BCUT2D eigenvalue weighted by Gasteiger charge is 2.29. The number of hydrogen-bond donors (Lipinski definition) is 2. The number of tetrazole rings is 1. The van der Waals surface area contributed by atoms with E-state index in [2.05, 4.69) is 89.3 Å². The third-order valence-electron chi connectivity index (χ3n) is 8.39. The van der Waals surface area contributed by atoms with Gasteiger partial charge in [0.15, 0.2) is 11.5 Å². The summed E-state index contributed by atoms with van der Waals surface area (Å²) in [7, 11) is 0. The van der Waals surface area contributed by atoms with Crippen LogP contribution < -0.4 is 0 Å². The van der Waals surface area contributed by atoms with Crippen LogP contribution in [-0.4, -0.2) is 45.9 Å². The highest BCUT2D eigenvalue weighted by Crippen LogP contribution is 2.40. The fraction of sp³-hybridized carbons (Fsp3) is 0.424. The van der Waals surface area contributed by atoms with E-state index >= 15 is 0 Å². The van der Waals surface area contributed by atoms with Gasteiger partial charge in [0.1, 0.15) is 11.3 Å². The van der Waals surface area contributed by atoms with Crippen molar-refractivity contribution >= 4 is 11.2 Å². The molecule has 2 N–H and O–H groups in total. The first-order valence-electron chi connectivity index (χ1n) is 14.8. The molecule has 0 radical (unpaired) electrons. The Hall–Kier alpha value is -3.91. The van der Waals surface area contributed by atoms with Gasteiger partial charge in [0.05, 0.1) is 11.6 Å². The minimum Gasteiger partial charge on any atom is -0.390 e. The highest BCUT2D eigenvalue weighted by atomic mass is 16.3. The van der Waals surface area contributed by atoms with E-state index in [0.29, 0.717) is 18.2 Å². The Balaban J connectivity index is 1.36. The van der Waals surface area contributed by atoms with Gasteiger partial charge in [0, 0.05) is 17.7 Å². The van der Waals surface area contributed by atoms with Crippen molar-refractivity contribution in [2.75, 3.05) is 0 Å². The van der Waals surface area contributed by atoms with Crippen LogP contribution in [0, 0.1) is 12.8 Å². The number of rotatable bonds is 9. The fourth-order valence-electron chi connectivity index (χ4n) is 6.66. The maximum atomic E-state index is 10.9. The second-order valence-corrected chi connectivity index (χ2v) is 12.2. The largest absolute Gasteiger partial charge is 0.390 e. The molecule has 0 bridgehead atoms. The van der Waals surface area contributed by atoms with Crippen LogP contribution in [0.1, 0.15) is 81.2 Å². The van der Waals surface area contributed by atoms with Crippen molar-refractivity contribution in [3.8, 4) is 22.5 Å². The van der Waals surface area contributed by atoms with E-state index in [1.807, 2.05) is 19.1 Å². The molecule has 0 fully saturated rings. The molecule has 8 heteroatoms. The minimum atomic E-state index is -0.696. The molecule has 2 aromatic carbocycles. The SMILES string of the molecule is CCc1nc2c(C)cc(CCC(C)(O)CC(C)C)nc2n1[C@H]1CCc2cc(-c3ccccc3-c3nnn[nH]3)ccc21. The molecule has 1 aliphatic carbocycles. The van der Waals surface area contributed by atoms with E-state index in [9.17, 15) is 5.11 Å². The fourth-order valence-corrected chi connectivity index (χ4v) is 6.66. The van der Waals surface area contributed by atoms with Gasteiger partial charge < -0.3 is 9.67 Å². The molecule has 1 aliphatic rings. The third kappa shape index (κ3) is 5.28. The number of fused-ring (bicyclic) bond motifs is 2. The molecule has 1 unspecified atom stereocenters. The highest BCUT2D eigenvalue weighted by molar-refractivity contribution is 5.81. The van der Waals surface area contributed by atoms with Crippen molar-refractivity contribution in [3.63, 3.8) is 0 Å². The number of aryl methyl sites for hydroxylation is 4. The zero-order valence-corrected chi connectivity index (χ0v) is 24.6. The van der Waals surface area contributed by atoms with Crippen molar-refractivity contribution in [1.82, 2.24) is 35.2 Å². The number of imidazole rings is 1. The standard InChI is InChI=1S/C33H39N7O/c1-6-29-35-30-21(4)17-24(15-16-33(5,41)19-20(2)3)34-32(30)40(29)28-14-12-23-18-22(11-13-26(23)28)25-9-7-8-10-27(25)31-36-38-39-37-31/h7-11,13,17-18,20,28,41H,6,12,14-16,19H2,1-5H3,(H,36,37,38,39)/t28-,33?/m0/s1. The van der Waals surface area contributed by atoms with Crippen LogP contribution >= 0.6 is 0 Å². The van der Waals surface area contributed by atoms with Crippen molar-refractivity contribution in [3.05, 3.63) is 76.7 Å². The lowest BCUT2D eigenvalue weighted by atomic mass is 9.89. The van der Waals surface area contributed by atoms with Crippen LogP contribution in [-0.2, 0) is 19.3 Å². The number of aromatic amines is 1. The van der Waals surface area contributed by atoms with Gasteiger partial charge in [-0.25, -0.2) is 15.1 Å². The van der Waals surface area contributed by atoms with Crippen LogP contribution in [0.2, 0.25) is 0 Å². The average molecular weight is 550 g/mol. The summed E-state index contributed by atoms with van der Waals surface area (Å²) in [6.07, 6.45) is 5.08. The zero-order chi connectivity index (χ0) is 28.7. The number of nitrogens with one attached hydrogen (secondary N) is 1. The molecule has 0 saturated heterocycles. The normalized spacial score (nSPS) is 16.4. The average Bonchev–Trinajstić information content (AvgIpc) is 3.69. The lowest BCUT2D eigenvalue weighted by Gasteiger charge is -2.25. The minimum absolute atomic E-state index is 0.193. The predicted octanol–water partition coefficient (Wildman–Crippen LogP) is 6.41. The first-order chi connectivity index (χ1) is 19.7. The van der Waals surface area contributed by atoms with Gasteiger partial charge in [-0.05, 0) is 96.2 Å². The first-order valence-corrected chi connectivity index (χ1v) is 14.8. The number of pyridine rings is 1. The van der Waals surface area contributed by atoms with Gasteiger partial charge in [-0.1, -0.05) is 63.2 Å². The molecule has 3 aromatic heterocycles. The number of nitrogens with zero attached hydrogens (tertiary/aromatic N) is 6. The lowest BCUT2D eigenvalue weighted by molar-refractivity contribution is 0.0300. The van der Waals surface area contributed by atoms with Gasteiger partial charge in [-0.3, -0.25) is 0 Å². The maximum Gasteiger partial charge on any atom is 0.180 e. The molecule has 5 aromatic rings. The topological polar surface area (TPSA) is 105 Å². The Labute approximate surface area is 241 Å². The van der Waals surface area contributed by atoms with Crippen LogP contribution in [0.15, 0.2) is 48.5 Å². The Morgan fingerprint density at radius 1 is 1.10 bits per heavy atom.